The molecule has 0 atom stereocenters. The molecule has 88 valence electrons. The first-order valence-electron chi connectivity index (χ1n) is 5.08. The summed E-state index contributed by atoms with van der Waals surface area (Å²) in [4.78, 5) is 0. The Bertz CT molecular complexity index is 531. The highest BCUT2D eigenvalue weighted by Crippen LogP contribution is 2.20. The van der Waals surface area contributed by atoms with Crippen molar-refractivity contribution < 1.29 is 4.39 Å². The smallest absolute Gasteiger partial charge is 0.123 e. The monoisotopic (exact) mass is 313 g/mol. The van der Waals surface area contributed by atoms with Crippen molar-refractivity contribution in [2.75, 3.05) is 5.32 Å². The Morgan fingerprint density at radius 3 is 2.76 bits per heavy atom. The summed E-state index contributed by atoms with van der Waals surface area (Å²) in [5.74, 6) is -0.277. The minimum atomic E-state index is -0.277. The molecule has 0 spiro atoms. The summed E-state index contributed by atoms with van der Waals surface area (Å²) in [6.07, 6.45) is 0. The molecule has 0 unspecified atom stereocenters. The first-order chi connectivity index (χ1) is 8.15. The highest BCUT2D eigenvalue weighted by Gasteiger charge is 2.02. The molecule has 0 fully saturated rings. The van der Waals surface area contributed by atoms with Gasteiger partial charge in [-0.05, 0) is 42.0 Å². The molecule has 0 aliphatic heterocycles. The largest absolute Gasteiger partial charge is 0.381 e. The van der Waals surface area contributed by atoms with Gasteiger partial charge in [-0.3, -0.25) is 0 Å². The molecule has 2 rings (SSSR count). The molecule has 0 heterocycles. The van der Waals surface area contributed by atoms with Crippen LogP contribution in [-0.2, 0) is 6.54 Å². The van der Waals surface area contributed by atoms with E-state index in [0.29, 0.717) is 11.6 Å². The number of rotatable bonds is 3. The van der Waals surface area contributed by atoms with Crippen molar-refractivity contribution in [2.24, 2.45) is 0 Å². The Kier molecular flexibility index (Phi) is 4.02. The van der Waals surface area contributed by atoms with E-state index in [1.54, 1.807) is 6.07 Å². The molecule has 0 bridgehead atoms. The van der Waals surface area contributed by atoms with Gasteiger partial charge in [0.05, 0.1) is 0 Å². The molecule has 1 N–H and O–H groups in total. The Morgan fingerprint density at radius 1 is 1.18 bits per heavy atom. The molecule has 4 heteroatoms. The maximum Gasteiger partial charge on any atom is 0.123 e. The van der Waals surface area contributed by atoms with Gasteiger partial charge in [0, 0.05) is 21.7 Å². The van der Waals surface area contributed by atoms with Crippen molar-refractivity contribution in [1.82, 2.24) is 0 Å². The Balaban J connectivity index is 2.09. The van der Waals surface area contributed by atoms with E-state index in [9.17, 15) is 4.39 Å². The van der Waals surface area contributed by atoms with Gasteiger partial charge >= 0.3 is 0 Å². The predicted molar refractivity (Wildman–Crippen MR) is 72.9 cm³/mol. The van der Waals surface area contributed by atoms with Crippen molar-refractivity contribution in [3.63, 3.8) is 0 Å². The van der Waals surface area contributed by atoms with Crippen LogP contribution in [0.3, 0.4) is 0 Å². The highest BCUT2D eigenvalue weighted by molar-refractivity contribution is 9.10. The van der Waals surface area contributed by atoms with Gasteiger partial charge in [0.1, 0.15) is 5.82 Å². The summed E-state index contributed by atoms with van der Waals surface area (Å²) in [5.41, 5.74) is 1.70. The van der Waals surface area contributed by atoms with Crippen LogP contribution in [0.4, 0.5) is 10.1 Å². The van der Waals surface area contributed by atoms with E-state index in [4.69, 9.17) is 11.6 Å². The second-order valence-corrected chi connectivity index (χ2v) is 4.92. The summed E-state index contributed by atoms with van der Waals surface area (Å²) in [7, 11) is 0. The number of hydrogen-bond donors (Lipinski definition) is 1. The van der Waals surface area contributed by atoms with E-state index in [0.717, 1.165) is 15.7 Å². The third kappa shape index (κ3) is 3.45. The molecule has 17 heavy (non-hydrogen) atoms. The molecule has 1 nitrogen and oxygen atoms in total. The quantitative estimate of drug-likeness (QED) is 0.853. The molecule has 2 aromatic rings. The number of benzene rings is 2. The first kappa shape index (κ1) is 12.4. The first-order valence-corrected chi connectivity index (χ1v) is 6.25. The summed E-state index contributed by atoms with van der Waals surface area (Å²) in [5, 5.41) is 3.75. The number of anilines is 1. The summed E-state index contributed by atoms with van der Waals surface area (Å²) >= 11 is 9.37. The third-order valence-electron chi connectivity index (χ3n) is 2.32. The normalized spacial score (nSPS) is 10.3. The molecule has 0 saturated heterocycles. The molecule has 0 aliphatic rings. The fraction of sp³-hybridized carbons (Fsp3) is 0.0769. The topological polar surface area (TPSA) is 12.0 Å². The van der Waals surface area contributed by atoms with Crippen LogP contribution in [0.15, 0.2) is 46.9 Å². The fourth-order valence-corrected chi connectivity index (χ4v) is 2.06. The second-order valence-electron chi connectivity index (χ2n) is 3.60. The number of nitrogens with one attached hydrogen (secondary N) is 1. The van der Waals surface area contributed by atoms with E-state index in [1.165, 1.54) is 12.1 Å². The van der Waals surface area contributed by atoms with Crippen molar-refractivity contribution in [3.05, 3.63) is 63.3 Å². The van der Waals surface area contributed by atoms with E-state index in [1.807, 2.05) is 24.3 Å². The van der Waals surface area contributed by atoms with Crippen LogP contribution in [0.25, 0.3) is 0 Å². The zero-order valence-corrected chi connectivity index (χ0v) is 11.2. The van der Waals surface area contributed by atoms with Gasteiger partial charge in [-0.1, -0.05) is 33.6 Å². The lowest BCUT2D eigenvalue weighted by Crippen LogP contribution is -2.00. The van der Waals surface area contributed by atoms with Gasteiger partial charge in [0.25, 0.3) is 0 Å². The zero-order chi connectivity index (χ0) is 12.3. The maximum atomic E-state index is 13.0. The van der Waals surface area contributed by atoms with Crippen LogP contribution in [0.1, 0.15) is 5.56 Å². The Morgan fingerprint density at radius 2 is 2.00 bits per heavy atom. The van der Waals surface area contributed by atoms with Gasteiger partial charge in [-0.2, -0.15) is 0 Å². The number of halogens is 3. The second kappa shape index (κ2) is 5.52. The summed E-state index contributed by atoms with van der Waals surface area (Å²) in [6.45, 7) is 0.493. The Labute approximate surface area is 113 Å². The lowest BCUT2D eigenvalue weighted by Gasteiger charge is -2.08. The summed E-state index contributed by atoms with van der Waals surface area (Å²) in [6, 6.07) is 12.1. The molecule has 0 aromatic heterocycles. The zero-order valence-electron chi connectivity index (χ0n) is 8.88. The standard InChI is InChI=1S/C13H10BrClFN/c14-10-2-1-3-12(7-10)17-8-9-6-11(16)4-5-13(9)15/h1-7,17H,8H2. The van der Waals surface area contributed by atoms with Crippen molar-refractivity contribution >= 4 is 33.2 Å². The molecule has 0 radical (unpaired) electrons. The molecule has 0 aliphatic carbocycles. The van der Waals surface area contributed by atoms with Crippen LogP contribution in [0.5, 0.6) is 0 Å². The van der Waals surface area contributed by atoms with Gasteiger partial charge in [-0.15, -0.1) is 0 Å². The molecule has 2 aromatic carbocycles. The van der Waals surface area contributed by atoms with Crippen LogP contribution in [0, 0.1) is 5.82 Å². The predicted octanol–water partition coefficient (Wildman–Crippen LogP) is 4.85. The third-order valence-corrected chi connectivity index (χ3v) is 3.18. The lowest BCUT2D eigenvalue weighted by atomic mass is 10.2. The van der Waals surface area contributed by atoms with Crippen LogP contribution in [0.2, 0.25) is 5.02 Å². The van der Waals surface area contributed by atoms with Crippen LogP contribution in [-0.4, -0.2) is 0 Å². The highest BCUT2D eigenvalue weighted by atomic mass is 79.9. The van der Waals surface area contributed by atoms with Gasteiger partial charge in [0.2, 0.25) is 0 Å². The van der Waals surface area contributed by atoms with Crippen LogP contribution < -0.4 is 5.32 Å². The van der Waals surface area contributed by atoms with Crippen molar-refractivity contribution in [3.8, 4) is 0 Å². The van der Waals surface area contributed by atoms with E-state index in [-0.39, 0.29) is 5.82 Å². The minimum Gasteiger partial charge on any atom is -0.381 e. The fourth-order valence-electron chi connectivity index (χ4n) is 1.47. The van der Waals surface area contributed by atoms with Crippen molar-refractivity contribution in [2.45, 2.75) is 6.54 Å². The lowest BCUT2D eigenvalue weighted by molar-refractivity contribution is 0.626. The summed E-state index contributed by atoms with van der Waals surface area (Å²) < 4.78 is 14.0. The van der Waals surface area contributed by atoms with E-state index >= 15 is 0 Å². The average Bonchev–Trinajstić information content (AvgIpc) is 2.30. The number of hydrogen-bond acceptors (Lipinski definition) is 1. The SMILES string of the molecule is Fc1ccc(Cl)c(CNc2cccc(Br)c2)c1. The molecular formula is C13H10BrClFN. The molecular weight excluding hydrogens is 305 g/mol. The van der Waals surface area contributed by atoms with Crippen LogP contribution >= 0.6 is 27.5 Å². The molecule has 0 saturated carbocycles. The van der Waals surface area contributed by atoms with E-state index < -0.39 is 0 Å². The van der Waals surface area contributed by atoms with Crippen molar-refractivity contribution in [1.29, 1.82) is 0 Å². The van der Waals surface area contributed by atoms with Gasteiger partial charge < -0.3 is 5.32 Å². The minimum absolute atomic E-state index is 0.277. The Hall–Kier alpha value is -1.06. The average molecular weight is 315 g/mol. The van der Waals surface area contributed by atoms with E-state index in [2.05, 4.69) is 21.2 Å². The van der Waals surface area contributed by atoms with Gasteiger partial charge in [0.15, 0.2) is 0 Å². The maximum absolute atomic E-state index is 13.0. The van der Waals surface area contributed by atoms with Gasteiger partial charge in [-0.25, -0.2) is 4.39 Å². The molecule has 0 amide bonds.